The fourth-order valence-corrected chi connectivity index (χ4v) is 20.6. The molecule has 0 spiro atoms. The molecule has 8 heterocycles. The predicted octanol–water partition coefficient (Wildman–Crippen LogP) is -17.6. The summed E-state index contributed by atoms with van der Waals surface area (Å²) < 4.78 is 93.2. The Morgan fingerprint density at radius 2 is 0.500 bits per heavy atom. The second-order valence-electron chi connectivity index (χ2n) is 42.0. The lowest BCUT2D eigenvalue weighted by Crippen LogP contribution is -2.67. The molecule has 0 aromatic carbocycles. The van der Waals surface area contributed by atoms with E-state index in [1.165, 1.54) is 13.8 Å². The van der Waals surface area contributed by atoms with E-state index in [1.807, 2.05) is 0 Å². The molecule has 0 aromatic heterocycles. The molecule has 4 aliphatic carbocycles. The maximum absolute atomic E-state index is 11.4. The Kier molecular flexibility index (Phi) is 46.6. The van der Waals surface area contributed by atoms with Gasteiger partial charge >= 0.3 is 0 Å². The molecule has 844 valence electrons. The predicted molar refractivity (Wildman–Crippen MR) is 500 cm³/mol. The van der Waals surface area contributed by atoms with Crippen LogP contribution >= 0.6 is 0 Å². The molecule has 0 amide bonds. The smallest absolute Gasteiger partial charge is 0.187 e. The van der Waals surface area contributed by atoms with Gasteiger partial charge in [-0.15, -0.1) is 0 Å². The topological polar surface area (TPSA) is 1020 Å². The number of guanidine groups is 2. The summed E-state index contributed by atoms with van der Waals surface area (Å²) in [6.45, 7) is 19.8. The molecule has 0 bridgehead atoms. The highest BCUT2D eigenvalue weighted by molar-refractivity contribution is 5.76. The van der Waals surface area contributed by atoms with Crippen LogP contribution < -0.4 is 80.3 Å². The first kappa shape index (κ1) is 124. The average Bonchev–Trinajstić information content (AvgIpc) is 1.54. The van der Waals surface area contributed by atoms with Crippen molar-refractivity contribution in [3.8, 4) is 0 Å². The van der Waals surface area contributed by atoms with E-state index in [-0.39, 0.29) is 35.6 Å². The SMILES string of the molecule is CC(C)CC[C@@H]1CC(N)[C@@H](O[C@H]2OC(CO)[C@@H](O)[C@H](O)C2N)[C@H](O[C@@H]2O[C@H]([C@H](C)N)[C@H](O)C2O)C1O.CC(C)CC[C@@H]1CC(N)[C@@H](O[C@H]2OC([C@@H](C)O)[C@@H](O)[C@H](O)C2N)[C@H](O[C@@H]2O[C@H]([C@H](C)N)[C@H](O)C2O)C1O.C[C@@H]1CC(N)[C@@H](O[C@H]2OC(CO)[C@@H](O)[C@H](O)C2N)[C@H](O[C@@H]2O[C@H]([C@@H](C)N=C(N)N)[C@H](O)C2O)C1O.C[C@@H]1CC(N)[C@@H](O[C@H]2OC([C@@H](C)O)[C@@H](O)[C@H](O)C2N)[C@H](O[C@@H]2O[C@H]([C@@H](C)N=C(N)N)[C@H](O)C2O)C1O. The van der Waals surface area contributed by atoms with E-state index >= 15 is 0 Å². The Labute approximate surface area is 835 Å². The van der Waals surface area contributed by atoms with Crippen LogP contribution in [0.5, 0.6) is 0 Å². The third kappa shape index (κ3) is 29.4. The third-order valence-electron chi connectivity index (χ3n) is 29.4. The minimum absolute atomic E-state index is 0.222. The summed E-state index contributed by atoms with van der Waals surface area (Å²) in [6, 6.07) is -10.1. The number of rotatable bonds is 32. The number of aliphatic imine (C=N–C) groups is 2. The lowest BCUT2D eigenvalue weighted by molar-refractivity contribution is -0.317. The lowest BCUT2D eigenvalue weighted by atomic mass is 9.76. The van der Waals surface area contributed by atoms with Crippen molar-refractivity contribution in [3.63, 3.8) is 0 Å². The molecular weight excluding hydrogens is 1920 g/mol. The van der Waals surface area contributed by atoms with Crippen LogP contribution in [0.2, 0.25) is 0 Å². The van der Waals surface area contributed by atoms with Gasteiger partial charge in [-0.25, -0.2) is 9.98 Å². The van der Waals surface area contributed by atoms with E-state index in [2.05, 4.69) is 37.7 Å². The van der Waals surface area contributed by atoms with Gasteiger partial charge in [0.05, 0.1) is 86.1 Å². The Morgan fingerprint density at radius 1 is 0.278 bits per heavy atom. The Balaban J connectivity index is 0.000000214. The molecule has 144 heavy (non-hydrogen) atoms. The molecule has 12 fully saturated rings. The fraction of sp³-hybridized carbons (Fsp3) is 0.977. The molecule has 20 unspecified atom stereocenters. The van der Waals surface area contributed by atoms with Crippen molar-refractivity contribution < 1.29 is 198 Å². The summed E-state index contributed by atoms with van der Waals surface area (Å²) in [4.78, 5) is 7.86. The summed E-state index contributed by atoms with van der Waals surface area (Å²) in [6.07, 6.45) is -52.7. The first-order valence-corrected chi connectivity index (χ1v) is 49.6. The second-order valence-corrected chi connectivity index (χ2v) is 42.0. The number of hydrogen-bond acceptors (Lipinski definition) is 52. The molecule has 4 saturated carbocycles. The quantitative estimate of drug-likeness (QED) is 0.0220. The van der Waals surface area contributed by atoms with Crippen LogP contribution in [0.4, 0.5) is 0 Å². The van der Waals surface area contributed by atoms with Crippen molar-refractivity contribution in [1.29, 1.82) is 0 Å². The van der Waals surface area contributed by atoms with E-state index < -0.39 is 368 Å². The van der Waals surface area contributed by atoms with Crippen LogP contribution in [-0.4, -0.2) is 502 Å². The summed E-state index contributed by atoms with van der Waals surface area (Å²) >= 11 is 0. The minimum atomic E-state index is -1.50. The molecule has 12 rings (SSSR count). The zero-order valence-electron chi connectivity index (χ0n) is 83.3. The highest BCUT2D eigenvalue weighted by Crippen LogP contribution is 2.44. The Bertz CT molecular complexity index is 3830. The van der Waals surface area contributed by atoms with Gasteiger partial charge in [0, 0.05) is 36.3 Å². The minimum Gasteiger partial charge on any atom is -0.394 e. The van der Waals surface area contributed by atoms with Gasteiger partial charge in [-0.3, -0.25) is 0 Å². The number of aliphatic hydroxyl groups is 24. The number of aliphatic hydroxyl groups excluding tert-OH is 24. The molecule has 12 aliphatic rings. The highest BCUT2D eigenvalue weighted by Gasteiger charge is 2.61. The van der Waals surface area contributed by atoms with E-state index in [1.54, 1.807) is 41.5 Å². The van der Waals surface area contributed by atoms with Crippen molar-refractivity contribution in [3.05, 3.63) is 0 Å². The zero-order chi connectivity index (χ0) is 108. The van der Waals surface area contributed by atoms with Gasteiger partial charge in [0.15, 0.2) is 62.2 Å². The summed E-state index contributed by atoms with van der Waals surface area (Å²) in [5, 5.41) is 249. The van der Waals surface area contributed by atoms with E-state index in [9.17, 15) is 123 Å². The van der Waals surface area contributed by atoms with E-state index in [4.69, 9.17) is 156 Å². The average molecular weight is 2090 g/mol. The summed E-state index contributed by atoms with van der Waals surface area (Å²) in [7, 11) is 0. The van der Waals surface area contributed by atoms with Gasteiger partial charge in [0.1, 0.15) is 195 Å². The molecule has 0 radical (unpaired) electrons. The van der Waals surface area contributed by atoms with Gasteiger partial charge in [-0.2, -0.15) is 0 Å². The zero-order valence-corrected chi connectivity index (χ0v) is 83.3. The first-order valence-electron chi connectivity index (χ1n) is 49.6. The van der Waals surface area contributed by atoms with Crippen LogP contribution in [0.25, 0.3) is 0 Å². The number of nitrogens with two attached hydrogens (primary N) is 14. The normalized spacial score (nSPS) is 49.2. The van der Waals surface area contributed by atoms with E-state index in [0.717, 1.165) is 12.8 Å². The van der Waals surface area contributed by atoms with Crippen molar-refractivity contribution in [2.24, 2.45) is 126 Å². The fourth-order valence-electron chi connectivity index (χ4n) is 20.6. The van der Waals surface area contributed by atoms with Crippen molar-refractivity contribution in [2.45, 2.75) is 489 Å². The molecule has 52 N–H and O–H groups in total. The highest BCUT2D eigenvalue weighted by atomic mass is 16.8. The molecular formula is C88H172N16O40. The van der Waals surface area contributed by atoms with Crippen molar-refractivity contribution >= 4 is 11.9 Å². The molecule has 8 saturated heterocycles. The lowest BCUT2D eigenvalue weighted by Gasteiger charge is -2.48. The van der Waals surface area contributed by atoms with Crippen LogP contribution in [0.3, 0.4) is 0 Å². The standard InChI is InChI=1S/C24H47N3O10.C23H45N3O10.C21H41N5O10.C20H39N5O10/c1-8(2)5-6-11-7-12(26)21(36-23-13(27)15(30)16(31)20(35-23)10(4)28)22(14(11)29)37-24-18(33)17(32)19(34-24)9(3)25;1-8(2)4-5-10-6-11(25)20(35-22-13(26)16(30)15(29)12(7-27)33-22)21(14(10)28)36-23-18(32)17(31)19(34-23)9(3)24;1-5-4-8(22)17(35-19-9(23)11(29)12(30)16(34-19)7(3)27)18(10(5)28)36-20-14(32)13(31)15(33-20)6(2)26-21(24)25;1-5-3-7(21)16(34-18-9(22)12(29)11(28)8(4-26)32-18)17(10(5)27)35-19-14(31)13(30)15(33-19)6(2)25-20(23)24/h8-24,28-33H,5-7,25-27H2,1-4H3;8-23,27-32H,4-7,24-26H2,1-3H3;5-20,27-32H,4,22-23H2,1-3H3,(H4,24,25,26);5-19,26-31H,3-4,21-22H2,1-2H3,(H4,23,24,25)/t9-,10+,11+,12?,13?,14?,15+,16-,17+,18?,19+,20?,21+,22+,23+,24-;9-,10+,11?,12?,13?,14?,15+,16+,17+,18?,19+,20+,21+,22+,23-;5-,6-,7-,8?,9?,10?,11-,12+,13-,14?,15-,16?,17-,18-,19-,20+;5-,6-,7?,8?,9?,10?,11-,12-,13-,14?,15-,16-,17-,18-,19+/m0011/s1. The molecule has 62 atom stereocenters. The largest absolute Gasteiger partial charge is 0.394 e. The molecule has 56 heteroatoms. The van der Waals surface area contributed by atoms with Crippen LogP contribution in [0.15, 0.2) is 9.98 Å². The second kappa shape index (κ2) is 54.1. The maximum atomic E-state index is 11.4. The van der Waals surface area contributed by atoms with Crippen LogP contribution in [0, 0.1) is 35.5 Å². The van der Waals surface area contributed by atoms with Crippen LogP contribution in [-0.2, 0) is 75.8 Å². The summed E-state index contributed by atoms with van der Waals surface area (Å²) in [5.41, 5.74) is 83.1. The summed E-state index contributed by atoms with van der Waals surface area (Å²) in [5.74, 6) is -0.776. The first-order chi connectivity index (χ1) is 67.2. The third-order valence-corrected chi connectivity index (χ3v) is 29.4. The van der Waals surface area contributed by atoms with Gasteiger partial charge in [0.2, 0.25) is 0 Å². The van der Waals surface area contributed by atoms with E-state index in [0.29, 0.717) is 50.4 Å². The molecule has 0 aromatic rings. The molecule has 8 aliphatic heterocycles. The Morgan fingerprint density at radius 3 is 0.743 bits per heavy atom. The molecule has 56 nitrogen and oxygen atoms in total. The van der Waals surface area contributed by atoms with Gasteiger partial charge in [-0.05, 0) is 116 Å². The van der Waals surface area contributed by atoms with Gasteiger partial charge < -0.3 is 279 Å². The maximum Gasteiger partial charge on any atom is 0.187 e. The van der Waals surface area contributed by atoms with Gasteiger partial charge in [-0.1, -0.05) is 54.4 Å². The van der Waals surface area contributed by atoms with Crippen molar-refractivity contribution in [1.82, 2.24) is 0 Å². The number of ether oxygens (including phenoxy) is 16. The van der Waals surface area contributed by atoms with Crippen LogP contribution in [0.1, 0.15) is 134 Å². The monoisotopic (exact) mass is 2090 g/mol. The van der Waals surface area contributed by atoms with Crippen molar-refractivity contribution in [2.75, 3.05) is 13.2 Å². The number of nitrogens with zero attached hydrogens (tertiary/aromatic N) is 2. The Hall–Kier alpha value is -3.46. The number of hydrogen-bond donors (Lipinski definition) is 38. The van der Waals surface area contributed by atoms with Gasteiger partial charge in [0.25, 0.3) is 0 Å².